The number of hydrogen-bond acceptors (Lipinski definition) is 5. The molecule has 164 valence electrons. The molecule has 9 nitrogen and oxygen atoms in total. The molecule has 2 aromatic rings. The number of carbonyl (C=O) groups is 1. The molecule has 0 bridgehead atoms. The number of likely N-dealkylation sites (tertiary alicyclic amines) is 1. The fraction of sp³-hybridized carbons (Fsp3) is 0.421. The van der Waals surface area contributed by atoms with Gasteiger partial charge in [0, 0.05) is 36.2 Å². The van der Waals surface area contributed by atoms with Gasteiger partial charge in [-0.3, -0.25) is 14.5 Å². The highest BCUT2D eigenvalue weighted by Crippen LogP contribution is 2.40. The minimum atomic E-state index is -3.06. The Morgan fingerprint density at radius 2 is 2.29 bits per heavy atom. The number of alkyl halides is 2. The SMILES string of the molecule is C[C@@H](C(=O)Nc1ccc(F)cn1)N1CCC(F)(F)C(c2c[nH]c(=O)c(CN=[N+]=[N-])c2)C1. The van der Waals surface area contributed by atoms with Crippen LogP contribution in [0.4, 0.5) is 19.0 Å². The van der Waals surface area contributed by atoms with Crippen LogP contribution >= 0.6 is 0 Å². The second-order valence-corrected chi connectivity index (χ2v) is 7.26. The van der Waals surface area contributed by atoms with E-state index < -0.39 is 41.6 Å². The summed E-state index contributed by atoms with van der Waals surface area (Å²) in [5.74, 6) is -5.19. The molecule has 2 atom stereocenters. The molecular formula is C19H20F3N7O2. The van der Waals surface area contributed by atoms with Crippen LogP contribution in [0.15, 0.2) is 40.5 Å². The number of carbonyl (C=O) groups excluding carboxylic acids is 1. The summed E-state index contributed by atoms with van der Waals surface area (Å²) in [6.45, 7) is 1.18. The van der Waals surface area contributed by atoms with Crippen molar-refractivity contribution >= 4 is 11.7 Å². The fourth-order valence-corrected chi connectivity index (χ4v) is 3.45. The van der Waals surface area contributed by atoms with Crippen LogP contribution in [0.3, 0.4) is 0 Å². The van der Waals surface area contributed by atoms with Crippen molar-refractivity contribution in [2.75, 3.05) is 18.4 Å². The molecule has 31 heavy (non-hydrogen) atoms. The van der Waals surface area contributed by atoms with Gasteiger partial charge >= 0.3 is 0 Å². The van der Waals surface area contributed by atoms with Crippen LogP contribution in [-0.2, 0) is 11.3 Å². The van der Waals surface area contributed by atoms with E-state index in [2.05, 4.69) is 25.3 Å². The maximum Gasteiger partial charge on any atom is 0.257 e. The highest BCUT2D eigenvalue weighted by Gasteiger charge is 2.46. The number of H-pyrrole nitrogens is 1. The van der Waals surface area contributed by atoms with E-state index >= 15 is 0 Å². The summed E-state index contributed by atoms with van der Waals surface area (Å²) < 4.78 is 42.4. The van der Waals surface area contributed by atoms with Crippen LogP contribution < -0.4 is 10.9 Å². The van der Waals surface area contributed by atoms with Crippen molar-refractivity contribution in [1.82, 2.24) is 14.9 Å². The van der Waals surface area contributed by atoms with Crippen molar-refractivity contribution in [2.45, 2.75) is 37.8 Å². The van der Waals surface area contributed by atoms with Gasteiger partial charge in [-0.2, -0.15) is 0 Å². The monoisotopic (exact) mass is 435 g/mol. The lowest BCUT2D eigenvalue weighted by Crippen LogP contribution is -2.52. The molecule has 0 saturated carbocycles. The number of anilines is 1. The Kier molecular flexibility index (Phi) is 6.62. The molecule has 0 spiro atoms. The Balaban J connectivity index is 1.78. The molecule has 3 heterocycles. The number of piperidine rings is 1. The first-order valence-corrected chi connectivity index (χ1v) is 9.48. The van der Waals surface area contributed by atoms with Gasteiger partial charge in [0.05, 0.1) is 24.7 Å². The Labute approximate surface area is 174 Å². The standard InChI is InChI=1S/C19H20F3N7O2/c1-11(17(30)27-16-3-2-14(20)9-24-16)29-5-4-19(21,22)15(10-29)12-6-13(8-26-28-23)18(31)25-7-12/h2-3,6-7,9,11,15H,4-5,8,10H2,1H3,(H,25,31)(H,24,27,30)/t11-,15?/m0/s1. The minimum absolute atomic E-state index is 0.0101. The molecule has 1 aliphatic rings. The molecule has 2 N–H and O–H groups in total. The molecule has 1 fully saturated rings. The summed E-state index contributed by atoms with van der Waals surface area (Å²) >= 11 is 0. The quantitative estimate of drug-likeness (QED) is 0.410. The van der Waals surface area contributed by atoms with Gasteiger partial charge in [0.1, 0.15) is 11.6 Å². The normalized spacial score (nSPS) is 19.3. The van der Waals surface area contributed by atoms with Gasteiger partial charge in [-0.15, -0.1) is 0 Å². The number of pyridine rings is 2. The van der Waals surface area contributed by atoms with E-state index in [1.54, 1.807) is 11.8 Å². The molecule has 1 unspecified atom stereocenters. The third-order valence-corrected chi connectivity index (χ3v) is 5.27. The van der Waals surface area contributed by atoms with E-state index in [4.69, 9.17) is 5.53 Å². The number of halogens is 3. The average molecular weight is 435 g/mol. The van der Waals surface area contributed by atoms with E-state index in [1.165, 1.54) is 18.3 Å². The summed E-state index contributed by atoms with van der Waals surface area (Å²) in [5, 5.41) is 5.86. The largest absolute Gasteiger partial charge is 0.329 e. The molecule has 12 heteroatoms. The van der Waals surface area contributed by atoms with E-state index in [0.29, 0.717) is 0 Å². The summed E-state index contributed by atoms with van der Waals surface area (Å²) in [7, 11) is 0. The number of amides is 1. The number of aromatic amines is 1. The predicted octanol–water partition coefficient (Wildman–Crippen LogP) is 3.17. The lowest BCUT2D eigenvalue weighted by atomic mass is 9.86. The first kappa shape index (κ1) is 22.3. The highest BCUT2D eigenvalue weighted by atomic mass is 19.3. The number of nitrogens with zero attached hydrogens (tertiary/aromatic N) is 5. The van der Waals surface area contributed by atoms with Gasteiger partial charge in [-0.1, -0.05) is 5.11 Å². The van der Waals surface area contributed by atoms with Crippen molar-refractivity contribution < 1.29 is 18.0 Å². The third-order valence-electron chi connectivity index (χ3n) is 5.27. The molecule has 0 radical (unpaired) electrons. The Bertz CT molecular complexity index is 1050. The van der Waals surface area contributed by atoms with Gasteiger partial charge in [-0.25, -0.2) is 18.2 Å². The van der Waals surface area contributed by atoms with Gasteiger partial charge in [0.25, 0.3) is 11.5 Å². The summed E-state index contributed by atoms with van der Waals surface area (Å²) in [6.07, 6.45) is 1.70. The molecule has 3 rings (SSSR count). The van der Waals surface area contributed by atoms with Gasteiger partial charge in [0.15, 0.2) is 0 Å². The summed E-state index contributed by atoms with van der Waals surface area (Å²) in [5.41, 5.74) is 8.19. The number of rotatable bonds is 6. The van der Waals surface area contributed by atoms with Crippen LogP contribution in [0.1, 0.15) is 30.4 Å². The number of azide groups is 1. The summed E-state index contributed by atoms with van der Waals surface area (Å²) in [4.78, 5) is 34.8. The lowest BCUT2D eigenvalue weighted by molar-refractivity contribution is -0.125. The van der Waals surface area contributed by atoms with Crippen molar-refractivity contribution in [2.24, 2.45) is 5.11 Å². The van der Waals surface area contributed by atoms with E-state index in [9.17, 15) is 22.8 Å². The number of nitrogens with one attached hydrogen (secondary N) is 2. The second kappa shape index (κ2) is 9.19. The minimum Gasteiger partial charge on any atom is -0.329 e. The predicted molar refractivity (Wildman–Crippen MR) is 106 cm³/mol. The van der Waals surface area contributed by atoms with Crippen LogP contribution in [0, 0.1) is 5.82 Å². The molecule has 0 aromatic carbocycles. The van der Waals surface area contributed by atoms with Crippen molar-refractivity contribution in [3.8, 4) is 0 Å². The summed E-state index contributed by atoms with van der Waals surface area (Å²) in [6, 6.07) is 3.01. The Morgan fingerprint density at radius 3 is 2.97 bits per heavy atom. The lowest BCUT2D eigenvalue weighted by Gasteiger charge is -2.40. The zero-order chi connectivity index (χ0) is 22.6. The zero-order valence-corrected chi connectivity index (χ0v) is 16.6. The van der Waals surface area contributed by atoms with Crippen LogP contribution in [0.5, 0.6) is 0 Å². The molecule has 0 aliphatic carbocycles. The third kappa shape index (κ3) is 5.22. The first-order valence-electron chi connectivity index (χ1n) is 9.48. The van der Waals surface area contributed by atoms with Gasteiger partial charge < -0.3 is 10.3 Å². The van der Waals surface area contributed by atoms with Crippen molar-refractivity contribution in [3.05, 3.63) is 68.3 Å². The second-order valence-electron chi connectivity index (χ2n) is 7.26. The molecule has 1 amide bonds. The maximum absolute atomic E-state index is 14.7. The highest BCUT2D eigenvalue weighted by molar-refractivity contribution is 5.93. The molecule has 2 aromatic heterocycles. The Hall–Kier alpha value is -3.37. The Morgan fingerprint density at radius 1 is 1.52 bits per heavy atom. The van der Waals surface area contributed by atoms with E-state index in [1.807, 2.05) is 0 Å². The van der Waals surface area contributed by atoms with Crippen LogP contribution in [0.25, 0.3) is 10.4 Å². The molecular weight excluding hydrogens is 415 g/mol. The molecule has 1 aliphatic heterocycles. The topological polar surface area (TPSA) is 127 Å². The van der Waals surface area contributed by atoms with Crippen LogP contribution in [0.2, 0.25) is 0 Å². The van der Waals surface area contributed by atoms with Gasteiger partial charge in [0.2, 0.25) is 5.91 Å². The van der Waals surface area contributed by atoms with Crippen molar-refractivity contribution in [3.63, 3.8) is 0 Å². The van der Waals surface area contributed by atoms with Crippen molar-refractivity contribution in [1.29, 1.82) is 0 Å². The average Bonchev–Trinajstić information content (AvgIpc) is 2.74. The molecule has 1 saturated heterocycles. The number of aromatic nitrogens is 2. The fourth-order valence-electron chi connectivity index (χ4n) is 3.45. The van der Waals surface area contributed by atoms with E-state index in [0.717, 1.165) is 12.3 Å². The first-order chi connectivity index (χ1) is 14.7. The smallest absolute Gasteiger partial charge is 0.257 e. The van der Waals surface area contributed by atoms with Gasteiger partial charge in [-0.05, 0) is 36.2 Å². The number of hydrogen-bond donors (Lipinski definition) is 2. The maximum atomic E-state index is 14.7. The van der Waals surface area contributed by atoms with E-state index in [-0.39, 0.29) is 36.6 Å². The van der Waals surface area contributed by atoms with Crippen LogP contribution in [-0.4, -0.2) is 45.8 Å². The zero-order valence-electron chi connectivity index (χ0n) is 16.6.